The number of nitriles is 1. The lowest BCUT2D eigenvalue weighted by Crippen LogP contribution is -2.26. The summed E-state index contributed by atoms with van der Waals surface area (Å²) in [4.78, 5) is 12.0. The maximum Gasteiger partial charge on any atom is 0.275 e. The van der Waals surface area contributed by atoms with Gasteiger partial charge in [-0.3, -0.25) is 4.79 Å². The Morgan fingerprint density at radius 3 is 2.53 bits per heavy atom. The van der Waals surface area contributed by atoms with Crippen molar-refractivity contribution in [3.63, 3.8) is 0 Å². The van der Waals surface area contributed by atoms with Gasteiger partial charge in [0.05, 0.1) is 16.9 Å². The molecule has 0 aliphatic carbocycles. The molecular weight excluding hydrogens is 252 g/mol. The fraction of sp³-hybridized carbons (Fsp3) is 0.154. The predicted molar refractivity (Wildman–Crippen MR) is 63.9 cm³/mol. The molecule has 0 N–H and O–H groups in total. The topological polar surface area (TPSA) is 58.7 Å². The van der Waals surface area contributed by atoms with Crippen molar-refractivity contribution >= 4 is 0 Å². The Bertz CT molecular complexity index is 760. The minimum atomic E-state index is -1.06. The van der Waals surface area contributed by atoms with Crippen molar-refractivity contribution in [3.05, 3.63) is 57.0 Å². The van der Waals surface area contributed by atoms with Crippen LogP contribution in [0.2, 0.25) is 0 Å². The van der Waals surface area contributed by atoms with E-state index in [0.717, 1.165) is 16.8 Å². The van der Waals surface area contributed by atoms with Crippen LogP contribution < -0.4 is 5.56 Å². The Labute approximate surface area is 107 Å². The van der Waals surface area contributed by atoms with Gasteiger partial charge in [0.2, 0.25) is 0 Å². The molecule has 0 amide bonds. The largest absolute Gasteiger partial charge is 0.275 e. The van der Waals surface area contributed by atoms with Crippen LogP contribution in [-0.2, 0) is 0 Å². The number of hydrogen-bond acceptors (Lipinski definition) is 3. The van der Waals surface area contributed by atoms with Gasteiger partial charge in [0.1, 0.15) is 6.07 Å². The standard InChI is InChI=1S/C13H9F2N3O/c1-7-10(6-16)8(2)17-18(13(7)19)9-3-4-11(14)12(15)5-9/h3-5H,1-2H3. The summed E-state index contributed by atoms with van der Waals surface area (Å²) in [6.45, 7) is 3.06. The van der Waals surface area contributed by atoms with Crippen LogP contribution in [0, 0.1) is 36.8 Å². The molecule has 0 radical (unpaired) electrons. The maximum absolute atomic E-state index is 13.2. The zero-order valence-corrected chi connectivity index (χ0v) is 10.2. The van der Waals surface area contributed by atoms with Gasteiger partial charge in [-0.2, -0.15) is 15.0 Å². The Morgan fingerprint density at radius 1 is 1.26 bits per heavy atom. The van der Waals surface area contributed by atoms with Crippen LogP contribution in [0.4, 0.5) is 8.78 Å². The van der Waals surface area contributed by atoms with Crippen molar-refractivity contribution in [2.24, 2.45) is 0 Å². The summed E-state index contributed by atoms with van der Waals surface area (Å²) in [7, 11) is 0. The monoisotopic (exact) mass is 261 g/mol. The maximum atomic E-state index is 13.2. The molecule has 0 saturated heterocycles. The van der Waals surface area contributed by atoms with E-state index in [-0.39, 0.29) is 16.8 Å². The Kier molecular flexibility index (Phi) is 3.13. The number of halogens is 2. The molecule has 0 atom stereocenters. The van der Waals surface area contributed by atoms with Crippen LogP contribution >= 0.6 is 0 Å². The zero-order valence-electron chi connectivity index (χ0n) is 10.2. The van der Waals surface area contributed by atoms with Gasteiger partial charge < -0.3 is 0 Å². The first-order valence-electron chi connectivity index (χ1n) is 5.41. The molecule has 0 fully saturated rings. The Balaban J connectivity index is 2.74. The molecule has 0 spiro atoms. The summed E-state index contributed by atoms with van der Waals surface area (Å²) >= 11 is 0. The van der Waals surface area contributed by atoms with E-state index < -0.39 is 17.2 Å². The number of benzene rings is 1. The minimum absolute atomic E-state index is 0.111. The van der Waals surface area contributed by atoms with E-state index in [1.165, 1.54) is 13.0 Å². The van der Waals surface area contributed by atoms with E-state index in [2.05, 4.69) is 5.10 Å². The molecule has 0 unspecified atom stereocenters. The lowest BCUT2D eigenvalue weighted by molar-refractivity contribution is 0.507. The van der Waals surface area contributed by atoms with Gasteiger partial charge in [-0.25, -0.2) is 8.78 Å². The van der Waals surface area contributed by atoms with Crippen molar-refractivity contribution in [2.75, 3.05) is 0 Å². The molecule has 2 aromatic rings. The summed E-state index contributed by atoms with van der Waals surface area (Å²) in [6, 6.07) is 4.94. The van der Waals surface area contributed by atoms with Crippen LogP contribution in [0.3, 0.4) is 0 Å². The van der Waals surface area contributed by atoms with Gasteiger partial charge >= 0.3 is 0 Å². The summed E-state index contributed by atoms with van der Waals surface area (Å²) in [6.07, 6.45) is 0. The second-order valence-corrected chi connectivity index (χ2v) is 4.01. The third-order valence-corrected chi connectivity index (χ3v) is 2.76. The second-order valence-electron chi connectivity index (χ2n) is 4.01. The Hall–Kier alpha value is -2.55. The highest BCUT2D eigenvalue weighted by molar-refractivity contribution is 5.40. The first kappa shape index (κ1) is 12.9. The quantitative estimate of drug-likeness (QED) is 0.788. The smallest absolute Gasteiger partial charge is 0.267 e. The molecule has 96 valence electrons. The molecule has 0 aliphatic heterocycles. The van der Waals surface area contributed by atoms with E-state index in [9.17, 15) is 13.6 Å². The number of hydrogen-bond donors (Lipinski definition) is 0. The van der Waals surface area contributed by atoms with E-state index in [1.54, 1.807) is 6.92 Å². The lowest BCUT2D eigenvalue weighted by atomic mass is 10.1. The van der Waals surface area contributed by atoms with Gasteiger partial charge in [-0.1, -0.05) is 0 Å². The van der Waals surface area contributed by atoms with E-state index in [4.69, 9.17) is 5.26 Å². The van der Waals surface area contributed by atoms with E-state index in [1.807, 2.05) is 6.07 Å². The zero-order chi connectivity index (χ0) is 14.2. The first-order valence-corrected chi connectivity index (χ1v) is 5.41. The molecule has 0 aliphatic rings. The normalized spacial score (nSPS) is 10.3. The number of aromatic nitrogens is 2. The third-order valence-electron chi connectivity index (χ3n) is 2.76. The van der Waals surface area contributed by atoms with Gasteiger partial charge in [-0.05, 0) is 26.0 Å². The molecule has 19 heavy (non-hydrogen) atoms. The number of aryl methyl sites for hydroxylation is 1. The van der Waals surface area contributed by atoms with Crippen molar-refractivity contribution < 1.29 is 8.78 Å². The molecular formula is C13H9F2N3O. The van der Waals surface area contributed by atoms with Crippen molar-refractivity contribution in [1.82, 2.24) is 9.78 Å². The highest BCUT2D eigenvalue weighted by Gasteiger charge is 2.13. The van der Waals surface area contributed by atoms with Gasteiger partial charge in [-0.15, -0.1) is 0 Å². The van der Waals surface area contributed by atoms with Gasteiger partial charge in [0.15, 0.2) is 11.6 Å². The fourth-order valence-electron chi connectivity index (χ4n) is 1.74. The number of nitrogens with zero attached hydrogens (tertiary/aromatic N) is 3. The average Bonchev–Trinajstić information content (AvgIpc) is 2.38. The Morgan fingerprint density at radius 2 is 1.95 bits per heavy atom. The predicted octanol–water partition coefficient (Wildman–Crippen LogP) is 2.00. The van der Waals surface area contributed by atoms with Crippen LogP contribution in [0.15, 0.2) is 23.0 Å². The van der Waals surface area contributed by atoms with Crippen molar-refractivity contribution in [3.8, 4) is 11.8 Å². The SMILES string of the molecule is Cc1nn(-c2ccc(F)c(F)c2)c(=O)c(C)c1C#N. The number of rotatable bonds is 1. The van der Waals surface area contributed by atoms with Crippen molar-refractivity contribution in [1.29, 1.82) is 5.26 Å². The van der Waals surface area contributed by atoms with Crippen LogP contribution in [0.5, 0.6) is 0 Å². The van der Waals surface area contributed by atoms with Crippen LogP contribution in [-0.4, -0.2) is 9.78 Å². The van der Waals surface area contributed by atoms with E-state index >= 15 is 0 Å². The first-order chi connectivity index (χ1) is 8.95. The molecule has 4 nitrogen and oxygen atoms in total. The second kappa shape index (κ2) is 4.61. The lowest BCUT2D eigenvalue weighted by Gasteiger charge is -2.09. The molecule has 1 heterocycles. The van der Waals surface area contributed by atoms with Gasteiger partial charge in [0, 0.05) is 11.6 Å². The molecule has 1 aromatic carbocycles. The molecule has 0 bridgehead atoms. The average molecular weight is 261 g/mol. The van der Waals surface area contributed by atoms with Crippen molar-refractivity contribution in [2.45, 2.75) is 13.8 Å². The summed E-state index contributed by atoms with van der Waals surface area (Å²) in [5, 5.41) is 12.9. The molecule has 1 aromatic heterocycles. The fourth-order valence-corrected chi connectivity index (χ4v) is 1.74. The molecule has 6 heteroatoms. The minimum Gasteiger partial charge on any atom is -0.267 e. The van der Waals surface area contributed by atoms with Gasteiger partial charge in [0.25, 0.3) is 5.56 Å². The van der Waals surface area contributed by atoms with Crippen LogP contribution in [0.25, 0.3) is 5.69 Å². The highest BCUT2D eigenvalue weighted by atomic mass is 19.2. The highest BCUT2D eigenvalue weighted by Crippen LogP contribution is 2.12. The molecule has 0 saturated carbocycles. The third kappa shape index (κ3) is 2.10. The molecule has 2 rings (SSSR count). The summed E-state index contributed by atoms with van der Waals surface area (Å²) < 4.78 is 27.0. The van der Waals surface area contributed by atoms with E-state index in [0.29, 0.717) is 5.69 Å². The summed E-state index contributed by atoms with van der Waals surface area (Å²) in [5.74, 6) is -2.07. The van der Waals surface area contributed by atoms with Crippen LogP contribution in [0.1, 0.15) is 16.8 Å². The summed E-state index contributed by atoms with van der Waals surface area (Å²) in [5.41, 5.74) is 0.348.